The molecule has 4 heterocycles. The number of urea groups is 1. The number of piperazine rings is 1. The van der Waals surface area contributed by atoms with Crippen LogP contribution in [-0.4, -0.2) is 89.0 Å². The normalized spacial score (nSPS) is 21.0. The van der Waals surface area contributed by atoms with Crippen molar-refractivity contribution in [3.8, 4) is 0 Å². The highest BCUT2D eigenvalue weighted by atomic mass is 35.5. The Kier molecular flexibility index (Phi) is 8.96. The van der Waals surface area contributed by atoms with Gasteiger partial charge < -0.3 is 10.2 Å². The van der Waals surface area contributed by atoms with Gasteiger partial charge in [0, 0.05) is 69.9 Å². The van der Waals surface area contributed by atoms with Crippen LogP contribution in [0.4, 0.5) is 22.2 Å². The number of sulfone groups is 1. The van der Waals surface area contributed by atoms with Crippen LogP contribution in [0, 0.1) is 0 Å². The summed E-state index contributed by atoms with van der Waals surface area (Å²) in [6, 6.07) is 13.2. The van der Waals surface area contributed by atoms with Crippen LogP contribution in [0.3, 0.4) is 0 Å². The quantitative estimate of drug-likeness (QED) is 0.278. The smallest absolute Gasteiger partial charge is 0.329 e. The number of carbonyl (C=O) groups excluding carboxylic acids is 2. The van der Waals surface area contributed by atoms with E-state index in [-0.39, 0.29) is 18.4 Å². The minimum atomic E-state index is -3.46. The van der Waals surface area contributed by atoms with Crippen molar-refractivity contribution in [3.63, 3.8) is 0 Å². The number of nitrogens with one attached hydrogen (secondary N) is 2. The van der Waals surface area contributed by atoms with E-state index in [4.69, 9.17) is 11.6 Å². The molecule has 0 bridgehead atoms. The van der Waals surface area contributed by atoms with E-state index in [1.807, 2.05) is 31.3 Å². The van der Waals surface area contributed by atoms with Crippen molar-refractivity contribution in [1.82, 2.24) is 30.0 Å². The summed E-state index contributed by atoms with van der Waals surface area (Å²) in [5.41, 5.74) is 2.98. The van der Waals surface area contributed by atoms with E-state index in [1.165, 1.54) is 4.90 Å². The summed E-state index contributed by atoms with van der Waals surface area (Å²) >= 11 is 5.88. The second kappa shape index (κ2) is 13.3. The SMILES string of the molecule is Cn1nc(N2CCC(=O)NC2=O)c2ccc(N3CCN(Cc4cccc(S(=O)(=O)C5CCC(Nc6ncc(Cl)cn6)CC5)c4)CC3)cc21. The van der Waals surface area contributed by atoms with E-state index < -0.39 is 21.1 Å². The third kappa shape index (κ3) is 6.69. The lowest BCUT2D eigenvalue weighted by Crippen LogP contribution is -2.49. The third-order valence-electron chi connectivity index (χ3n) is 9.56. The fourth-order valence-electron chi connectivity index (χ4n) is 6.91. The molecule has 4 aromatic rings. The first kappa shape index (κ1) is 32.3. The molecule has 0 spiro atoms. The van der Waals surface area contributed by atoms with Crippen molar-refractivity contribution in [2.45, 2.75) is 54.8 Å². The molecule has 1 aliphatic carbocycles. The number of fused-ring (bicyclic) bond motifs is 1. The first-order valence-corrected chi connectivity index (χ1v) is 18.2. The van der Waals surface area contributed by atoms with Crippen LogP contribution in [0.5, 0.6) is 0 Å². The maximum atomic E-state index is 13.6. The number of hydrogen-bond acceptors (Lipinski definition) is 10. The van der Waals surface area contributed by atoms with Crippen LogP contribution >= 0.6 is 11.6 Å². The van der Waals surface area contributed by atoms with E-state index >= 15 is 0 Å². The number of halogens is 1. The van der Waals surface area contributed by atoms with E-state index in [2.05, 4.69) is 47.6 Å². The number of benzene rings is 2. The van der Waals surface area contributed by atoms with Crippen LogP contribution in [0.25, 0.3) is 10.9 Å². The van der Waals surface area contributed by atoms with E-state index in [0.717, 1.165) is 61.2 Å². The molecule has 15 heteroatoms. The minimum Gasteiger partial charge on any atom is -0.369 e. The number of aryl methyl sites for hydroxylation is 1. The Labute approximate surface area is 284 Å². The van der Waals surface area contributed by atoms with Crippen molar-refractivity contribution in [3.05, 3.63) is 65.4 Å². The monoisotopic (exact) mass is 691 g/mol. The highest BCUT2D eigenvalue weighted by Gasteiger charge is 2.33. The van der Waals surface area contributed by atoms with Crippen molar-refractivity contribution in [2.24, 2.45) is 7.05 Å². The first-order valence-electron chi connectivity index (χ1n) is 16.3. The molecule has 0 atom stereocenters. The third-order valence-corrected chi connectivity index (χ3v) is 12.0. The zero-order chi connectivity index (χ0) is 33.4. The first-order chi connectivity index (χ1) is 23.1. The highest BCUT2D eigenvalue weighted by molar-refractivity contribution is 7.92. The molecular formula is C33H38ClN9O4S. The molecule has 3 amide bonds. The average molecular weight is 692 g/mol. The summed E-state index contributed by atoms with van der Waals surface area (Å²) in [6.07, 6.45) is 5.96. The predicted octanol–water partition coefficient (Wildman–Crippen LogP) is 3.98. The topological polar surface area (TPSA) is 146 Å². The number of carbonyl (C=O) groups is 2. The van der Waals surface area contributed by atoms with E-state index in [0.29, 0.717) is 47.6 Å². The number of rotatable bonds is 8. The van der Waals surface area contributed by atoms with Crippen LogP contribution in [0.2, 0.25) is 5.02 Å². The minimum absolute atomic E-state index is 0.127. The Balaban J connectivity index is 0.946. The molecule has 1 saturated carbocycles. The van der Waals surface area contributed by atoms with Gasteiger partial charge >= 0.3 is 6.03 Å². The van der Waals surface area contributed by atoms with Crippen molar-refractivity contribution in [1.29, 1.82) is 0 Å². The Morgan fingerprint density at radius 3 is 2.44 bits per heavy atom. The number of hydrogen-bond donors (Lipinski definition) is 2. The van der Waals surface area contributed by atoms with Crippen molar-refractivity contribution >= 4 is 61.7 Å². The molecule has 3 aliphatic rings. The van der Waals surface area contributed by atoms with E-state index in [1.54, 1.807) is 23.1 Å². The largest absolute Gasteiger partial charge is 0.369 e. The maximum absolute atomic E-state index is 13.6. The molecule has 3 fully saturated rings. The molecule has 7 rings (SSSR count). The highest BCUT2D eigenvalue weighted by Crippen LogP contribution is 2.32. The molecule has 0 radical (unpaired) electrons. The average Bonchev–Trinajstić information content (AvgIpc) is 3.41. The summed E-state index contributed by atoms with van der Waals surface area (Å²) in [5.74, 6) is 0.782. The Morgan fingerprint density at radius 2 is 1.71 bits per heavy atom. The number of aromatic nitrogens is 4. The molecule has 2 N–H and O–H groups in total. The molecule has 252 valence electrons. The van der Waals surface area contributed by atoms with Gasteiger partial charge in [0.25, 0.3) is 0 Å². The van der Waals surface area contributed by atoms with Gasteiger partial charge in [-0.15, -0.1) is 0 Å². The zero-order valence-corrected chi connectivity index (χ0v) is 28.3. The standard InChI is InChI=1S/C33H38ClN9O4S/c1-40-29-18-25(7-10-28(29)31(39-40)43-12-11-30(44)38-33(43)45)42-15-13-41(14-16-42)21-22-3-2-4-27(17-22)48(46,47)26-8-5-24(6-9-26)37-32-35-19-23(34)20-36-32/h2-4,7,10,17-20,24,26H,5-6,8-9,11-16,21H2,1H3,(H,35,36,37)(H,38,44,45). The van der Waals surface area contributed by atoms with Gasteiger partial charge in [-0.25, -0.2) is 23.2 Å². The fraction of sp³-hybridized carbons (Fsp3) is 0.424. The van der Waals surface area contributed by atoms with E-state index in [9.17, 15) is 18.0 Å². The van der Waals surface area contributed by atoms with Gasteiger partial charge in [0.2, 0.25) is 11.9 Å². The molecule has 2 aromatic carbocycles. The van der Waals surface area contributed by atoms with Gasteiger partial charge in [0.1, 0.15) is 0 Å². The Morgan fingerprint density at radius 1 is 0.958 bits per heavy atom. The fourth-order valence-corrected chi connectivity index (χ4v) is 8.87. The number of anilines is 3. The van der Waals surface area contributed by atoms with Crippen LogP contribution in [0.1, 0.15) is 37.7 Å². The molecule has 0 unspecified atom stereocenters. The lowest BCUT2D eigenvalue weighted by molar-refractivity contribution is -0.120. The summed E-state index contributed by atoms with van der Waals surface area (Å²) in [7, 11) is -1.60. The maximum Gasteiger partial charge on any atom is 0.329 e. The Bertz CT molecular complexity index is 1940. The molecule has 2 aromatic heterocycles. The molecule has 2 saturated heterocycles. The second-order valence-corrected chi connectivity index (χ2v) is 15.4. The van der Waals surface area contributed by atoms with Crippen molar-refractivity contribution in [2.75, 3.05) is 47.8 Å². The van der Waals surface area contributed by atoms with Gasteiger partial charge in [-0.2, -0.15) is 5.10 Å². The van der Waals surface area contributed by atoms with Gasteiger partial charge in [0.05, 0.1) is 33.1 Å². The number of amides is 3. The van der Waals surface area contributed by atoms with Crippen molar-refractivity contribution < 1.29 is 18.0 Å². The zero-order valence-electron chi connectivity index (χ0n) is 26.7. The molecule has 48 heavy (non-hydrogen) atoms. The summed E-state index contributed by atoms with van der Waals surface area (Å²) < 4.78 is 29.1. The van der Waals surface area contributed by atoms with Gasteiger partial charge in [-0.3, -0.25) is 24.6 Å². The van der Waals surface area contributed by atoms with Gasteiger partial charge in [-0.1, -0.05) is 23.7 Å². The molecule has 13 nitrogen and oxygen atoms in total. The summed E-state index contributed by atoms with van der Waals surface area (Å²) in [4.78, 5) is 39.0. The number of nitrogens with zero attached hydrogens (tertiary/aromatic N) is 7. The lowest BCUT2D eigenvalue weighted by Gasteiger charge is -2.36. The predicted molar refractivity (Wildman–Crippen MR) is 184 cm³/mol. The molecular weight excluding hydrogens is 654 g/mol. The van der Waals surface area contributed by atoms with Gasteiger partial charge in [-0.05, 0) is 61.6 Å². The summed E-state index contributed by atoms with van der Waals surface area (Å²) in [5, 5.41) is 11.2. The molecule has 2 aliphatic heterocycles. The van der Waals surface area contributed by atoms with Crippen LogP contribution < -0.4 is 20.4 Å². The van der Waals surface area contributed by atoms with Gasteiger partial charge in [0.15, 0.2) is 15.7 Å². The Hall–Kier alpha value is -4.27. The second-order valence-electron chi connectivity index (χ2n) is 12.7. The summed E-state index contributed by atoms with van der Waals surface area (Å²) in [6.45, 7) is 4.30. The van der Waals surface area contributed by atoms with Crippen LogP contribution in [0.15, 0.2) is 59.8 Å². The number of imide groups is 1. The lowest BCUT2D eigenvalue weighted by atomic mass is 9.95. The van der Waals surface area contributed by atoms with Crippen LogP contribution in [-0.2, 0) is 28.2 Å².